The predicted octanol–water partition coefficient (Wildman–Crippen LogP) is 0.556. The van der Waals surface area contributed by atoms with Crippen LogP contribution in [0.2, 0.25) is 0 Å². The molecule has 20 heavy (non-hydrogen) atoms. The number of aromatic nitrogens is 3. The van der Waals surface area contributed by atoms with E-state index < -0.39 is 5.56 Å². The lowest BCUT2D eigenvalue weighted by Gasteiger charge is -2.13. The van der Waals surface area contributed by atoms with E-state index in [-0.39, 0.29) is 23.5 Å². The normalized spacial score (nSPS) is 10.8. The van der Waals surface area contributed by atoms with Gasteiger partial charge in [0.15, 0.2) is 5.65 Å². The lowest BCUT2D eigenvalue weighted by atomic mass is 10.2. The average Bonchev–Trinajstić information content (AvgIpc) is 2.39. The molecule has 0 saturated heterocycles. The summed E-state index contributed by atoms with van der Waals surface area (Å²) in [5, 5.41) is 2.86. The minimum atomic E-state index is -0.436. The molecule has 7 heteroatoms. The summed E-state index contributed by atoms with van der Waals surface area (Å²) in [6, 6.07) is 1.55. The average molecular weight is 276 g/mol. The number of carbonyl (C=O) groups excluding carboxylic acids is 1. The highest BCUT2D eigenvalue weighted by molar-refractivity contribution is 5.98. The van der Waals surface area contributed by atoms with Gasteiger partial charge in [-0.1, -0.05) is 0 Å². The molecular weight excluding hydrogens is 260 g/mol. The van der Waals surface area contributed by atoms with E-state index in [2.05, 4.69) is 10.3 Å². The Morgan fingerprint density at radius 1 is 1.25 bits per heavy atom. The number of rotatable bonds is 3. The monoisotopic (exact) mass is 276 g/mol. The summed E-state index contributed by atoms with van der Waals surface area (Å²) in [5.74, 6) is -0.283. The second-order valence-electron chi connectivity index (χ2n) is 4.31. The van der Waals surface area contributed by atoms with Crippen molar-refractivity contribution in [3.8, 4) is 0 Å². The standard InChI is InChI=1S/C13H16N4O3/c1-4-16-11-10(12(19)17(5-2)13(16)20)9(6-7-14-11)15-8(3)18/h6-7H,4-5H2,1-3H3,(H,14,15,18). The van der Waals surface area contributed by atoms with Gasteiger partial charge in [0.2, 0.25) is 5.91 Å². The van der Waals surface area contributed by atoms with Crippen LogP contribution < -0.4 is 16.6 Å². The summed E-state index contributed by atoms with van der Waals surface area (Å²) in [7, 11) is 0. The molecular formula is C13H16N4O3. The second-order valence-corrected chi connectivity index (χ2v) is 4.31. The largest absolute Gasteiger partial charge is 0.332 e. The number of fused-ring (bicyclic) bond motifs is 1. The van der Waals surface area contributed by atoms with Gasteiger partial charge < -0.3 is 5.32 Å². The lowest BCUT2D eigenvalue weighted by molar-refractivity contribution is -0.114. The third kappa shape index (κ3) is 2.11. The van der Waals surface area contributed by atoms with Gasteiger partial charge in [0.05, 0.1) is 5.69 Å². The van der Waals surface area contributed by atoms with E-state index in [0.717, 1.165) is 4.57 Å². The van der Waals surface area contributed by atoms with Crippen molar-refractivity contribution >= 4 is 22.6 Å². The number of nitrogens with zero attached hydrogens (tertiary/aromatic N) is 3. The summed E-state index contributed by atoms with van der Waals surface area (Å²) in [5.41, 5.74) is -0.163. The summed E-state index contributed by atoms with van der Waals surface area (Å²) in [6.07, 6.45) is 1.47. The van der Waals surface area contributed by atoms with Gasteiger partial charge >= 0.3 is 5.69 Å². The summed E-state index contributed by atoms with van der Waals surface area (Å²) >= 11 is 0. The number of nitrogens with one attached hydrogen (secondary N) is 1. The Morgan fingerprint density at radius 2 is 1.90 bits per heavy atom. The van der Waals surface area contributed by atoms with Gasteiger partial charge in [-0.2, -0.15) is 0 Å². The van der Waals surface area contributed by atoms with Gasteiger partial charge in [0.25, 0.3) is 5.56 Å². The number of carbonyl (C=O) groups is 1. The van der Waals surface area contributed by atoms with Crippen LogP contribution in [0.25, 0.3) is 11.0 Å². The molecule has 0 spiro atoms. The fourth-order valence-corrected chi connectivity index (χ4v) is 2.18. The predicted molar refractivity (Wildman–Crippen MR) is 75.9 cm³/mol. The van der Waals surface area contributed by atoms with E-state index in [1.165, 1.54) is 17.7 Å². The lowest BCUT2D eigenvalue weighted by Crippen LogP contribution is -2.40. The molecule has 0 aliphatic rings. The van der Waals surface area contributed by atoms with Crippen LogP contribution in [-0.2, 0) is 17.9 Å². The number of aryl methyl sites for hydroxylation is 1. The highest BCUT2D eigenvalue weighted by Gasteiger charge is 2.15. The van der Waals surface area contributed by atoms with Crippen LogP contribution in [-0.4, -0.2) is 20.0 Å². The van der Waals surface area contributed by atoms with Gasteiger partial charge in [0, 0.05) is 26.2 Å². The van der Waals surface area contributed by atoms with Crippen LogP contribution in [0.4, 0.5) is 5.69 Å². The third-order valence-corrected chi connectivity index (χ3v) is 3.05. The summed E-state index contributed by atoms with van der Waals surface area (Å²) in [6.45, 7) is 5.55. The third-order valence-electron chi connectivity index (χ3n) is 3.05. The Balaban J connectivity index is 2.98. The molecule has 0 saturated carbocycles. The molecule has 0 radical (unpaired) electrons. The molecule has 2 aromatic heterocycles. The first kappa shape index (κ1) is 14.0. The van der Waals surface area contributed by atoms with Gasteiger partial charge in [-0.05, 0) is 19.9 Å². The van der Waals surface area contributed by atoms with Crippen molar-refractivity contribution in [2.75, 3.05) is 5.32 Å². The molecule has 7 nitrogen and oxygen atoms in total. The molecule has 0 aliphatic carbocycles. The van der Waals surface area contributed by atoms with E-state index in [0.29, 0.717) is 17.9 Å². The van der Waals surface area contributed by atoms with Crippen molar-refractivity contribution in [3.63, 3.8) is 0 Å². The minimum Gasteiger partial charge on any atom is -0.325 e. The molecule has 106 valence electrons. The van der Waals surface area contributed by atoms with Gasteiger partial charge in [-0.15, -0.1) is 0 Å². The first-order valence-corrected chi connectivity index (χ1v) is 6.41. The maximum absolute atomic E-state index is 12.4. The van der Waals surface area contributed by atoms with E-state index in [4.69, 9.17) is 0 Å². The van der Waals surface area contributed by atoms with Crippen LogP contribution in [0.1, 0.15) is 20.8 Å². The fraction of sp³-hybridized carbons (Fsp3) is 0.385. The first-order chi connectivity index (χ1) is 9.51. The Hall–Kier alpha value is -2.44. The van der Waals surface area contributed by atoms with Crippen LogP contribution in [0.15, 0.2) is 21.9 Å². The van der Waals surface area contributed by atoms with Gasteiger partial charge in [-0.3, -0.25) is 18.7 Å². The number of amides is 1. The zero-order valence-corrected chi connectivity index (χ0v) is 11.6. The molecule has 2 heterocycles. The number of pyridine rings is 1. The molecule has 1 amide bonds. The molecule has 1 N–H and O–H groups in total. The topological polar surface area (TPSA) is 86.0 Å². The smallest absolute Gasteiger partial charge is 0.325 e. The molecule has 0 unspecified atom stereocenters. The Kier molecular flexibility index (Phi) is 3.69. The Bertz CT molecular complexity index is 789. The molecule has 0 atom stereocenters. The number of anilines is 1. The van der Waals surface area contributed by atoms with Crippen molar-refractivity contribution < 1.29 is 4.79 Å². The van der Waals surface area contributed by atoms with E-state index in [9.17, 15) is 14.4 Å². The Morgan fingerprint density at radius 3 is 2.45 bits per heavy atom. The Labute approximate surface area is 114 Å². The van der Waals surface area contributed by atoms with Crippen molar-refractivity contribution in [1.29, 1.82) is 0 Å². The van der Waals surface area contributed by atoms with E-state index in [1.54, 1.807) is 19.9 Å². The highest BCUT2D eigenvalue weighted by atomic mass is 16.2. The van der Waals surface area contributed by atoms with Crippen LogP contribution in [0, 0.1) is 0 Å². The molecule has 0 aliphatic heterocycles. The SMILES string of the molecule is CCn1c(=O)c2c(NC(C)=O)ccnc2n(CC)c1=O. The molecule has 0 bridgehead atoms. The fourth-order valence-electron chi connectivity index (χ4n) is 2.18. The molecule has 2 rings (SSSR count). The van der Waals surface area contributed by atoms with Crippen LogP contribution in [0.5, 0.6) is 0 Å². The molecule has 0 aromatic carbocycles. The zero-order chi connectivity index (χ0) is 14.9. The first-order valence-electron chi connectivity index (χ1n) is 6.41. The second kappa shape index (κ2) is 5.28. The van der Waals surface area contributed by atoms with Crippen molar-refractivity contribution in [2.45, 2.75) is 33.9 Å². The van der Waals surface area contributed by atoms with Crippen molar-refractivity contribution in [3.05, 3.63) is 33.1 Å². The van der Waals surface area contributed by atoms with Crippen molar-refractivity contribution in [2.24, 2.45) is 0 Å². The van der Waals surface area contributed by atoms with Gasteiger partial charge in [0.1, 0.15) is 5.39 Å². The minimum absolute atomic E-state index is 0.256. The van der Waals surface area contributed by atoms with Crippen LogP contribution >= 0.6 is 0 Å². The summed E-state index contributed by atoms with van der Waals surface area (Å²) < 4.78 is 2.56. The zero-order valence-electron chi connectivity index (χ0n) is 11.6. The maximum Gasteiger partial charge on any atom is 0.332 e. The number of hydrogen-bond donors (Lipinski definition) is 1. The molecule has 2 aromatic rings. The van der Waals surface area contributed by atoms with Crippen LogP contribution in [0.3, 0.4) is 0 Å². The maximum atomic E-state index is 12.4. The summed E-state index contributed by atoms with van der Waals surface area (Å²) in [4.78, 5) is 40.0. The number of hydrogen-bond acceptors (Lipinski definition) is 4. The van der Waals surface area contributed by atoms with Crippen molar-refractivity contribution in [1.82, 2.24) is 14.1 Å². The van der Waals surface area contributed by atoms with E-state index >= 15 is 0 Å². The van der Waals surface area contributed by atoms with Gasteiger partial charge in [-0.25, -0.2) is 9.78 Å². The highest BCUT2D eigenvalue weighted by Crippen LogP contribution is 2.16. The molecule has 0 fully saturated rings. The quantitative estimate of drug-likeness (QED) is 0.887. The van der Waals surface area contributed by atoms with E-state index in [1.807, 2.05) is 0 Å².